The quantitative estimate of drug-likeness (QED) is 0.541. The fraction of sp³-hybridized carbons (Fsp3) is 0.158. The highest BCUT2D eigenvalue weighted by Crippen LogP contribution is 2.22. The van der Waals surface area contributed by atoms with Gasteiger partial charge < -0.3 is 0 Å². The molecule has 3 nitrogen and oxygen atoms in total. The van der Waals surface area contributed by atoms with Crippen LogP contribution in [0.2, 0.25) is 0 Å². The van der Waals surface area contributed by atoms with E-state index in [0.717, 1.165) is 26.1 Å². The van der Waals surface area contributed by atoms with Crippen LogP contribution in [0.1, 0.15) is 19.4 Å². The Morgan fingerprint density at radius 2 is 1.75 bits per heavy atom. The van der Waals surface area contributed by atoms with Crippen LogP contribution in [0.5, 0.6) is 0 Å². The summed E-state index contributed by atoms with van der Waals surface area (Å²) in [5.41, 5.74) is 3.22. The van der Waals surface area contributed by atoms with Gasteiger partial charge in [-0.3, -0.25) is 4.99 Å². The molecule has 1 aromatic heterocycles. The molecule has 122 valence electrons. The van der Waals surface area contributed by atoms with Gasteiger partial charge in [0.25, 0.3) is 0 Å². The van der Waals surface area contributed by atoms with Gasteiger partial charge in [0.1, 0.15) is 0 Å². The number of aromatic nitrogens is 1. The van der Waals surface area contributed by atoms with Gasteiger partial charge in [0.05, 0.1) is 11.9 Å². The molecule has 0 saturated heterocycles. The van der Waals surface area contributed by atoms with Gasteiger partial charge in [0.2, 0.25) is 4.80 Å². The third-order valence-corrected chi connectivity index (χ3v) is 4.67. The van der Waals surface area contributed by atoms with E-state index in [4.69, 9.17) is 4.99 Å². The van der Waals surface area contributed by atoms with Crippen LogP contribution in [0.3, 0.4) is 0 Å². The Hall–Kier alpha value is -1.98. The minimum Gasteiger partial charge on any atom is -0.255 e. The van der Waals surface area contributed by atoms with E-state index < -0.39 is 0 Å². The van der Waals surface area contributed by atoms with Crippen LogP contribution < -0.4 is 4.80 Å². The first kappa shape index (κ1) is 16.9. The van der Waals surface area contributed by atoms with Crippen molar-refractivity contribution in [3.8, 4) is 11.3 Å². The minimum absolute atomic E-state index is 0.222. The summed E-state index contributed by atoms with van der Waals surface area (Å²) in [4.78, 5) is 5.59. The lowest BCUT2D eigenvalue weighted by Crippen LogP contribution is -2.14. The Kier molecular flexibility index (Phi) is 5.43. The Labute approximate surface area is 154 Å². The standard InChI is InChI=1S/C19H18BrN3S/c1-14(2)22-19-23(21-12-15-6-4-3-5-7-15)18(13-24-19)16-8-10-17(20)11-9-16/h3-14H,1-2H3. The van der Waals surface area contributed by atoms with Gasteiger partial charge in [-0.2, -0.15) is 5.10 Å². The molecule has 3 rings (SSSR count). The van der Waals surface area contributed by atoms with Gasteiger partial charge >= 0.3 is 0 Å². The summed E-state index contributed by atoms with van der Waals surface area (Å²) in [5.74, 6) is 0. The number of thiazole rings is 1. The predicted molar refractivity (Wildman–Crippen MR) is 106 cm³/mol. The summed E-state index contributed by atoms with van der Waals surface area (Å²) in [6.07, 6.45) is 1.87. The summed E-state index contributed by atoms with van der Waals surface area (Å²) < 4.78 is 2.98. The maximum atomic E-state index is 4.69. The van der Waals surface area contributed by atoms with E-state index in [1.807, 2.05) is 53.4 Å². The van der Waals surface area contributed by atoms with E-state index in [-0.39, 0.29) is 6.04 Å². The third-order valence-electron chi connectivity index (χ3n) is 3.32. The molecule has 0 amide bonds. The van der Waals surface area contributed by atoms with E-state index in [2.05, 4.69) is 52.4 Å². The van der Waals surface area contributed by atoms with Crippen molar-refractivity contribution in [1.29, 1.82) is 0 Å². The molecule has 0 fully saturated rings. The summed E-state index contributed by atoms with van der Waals surface area (Å²) >= 11 is 5.09. The first-order valence-corrected chi connectivity index (χ1v) is 9.40. The van der Waals surface area contributed by atoms with Crippen molar-refractivity contribution in [3.63, 3.8) is 0 Å². The Morgan fingerprint density at radius 3 is 2.42 bits per heavy atom. The molecule has 0 saturated carbocycles. The molecule has 0 N–H and O–H groups in total. The van der Waals surface area contributed by atoms with Gasteiger partial charge in [-0.05, 0) is 31.5 Å². The highest BCUT2D eigenvalue weighted by molar-refractivity contribution is 9.10. The largest absolute Gasteiger partial charge is 0.255 e. The molecule has 0 aliphatic carbocycles. The van der Waals surface area contributed by atoms with Crippen LogP contribution >= 0.6 is 27.3 Å². The summed E-state index contributed by atoms with van der Waals surface area (Å²) in [7, 11) is 0. The average molecular weight is 400 g/mol. The predicted octanol–water partition coefficient (Wildman–Crippen LogP) is 5.17. The lowest BCUT2D eigenvalue weighted by Gasteiger charge is -2.04. The number of halogens is 1. The van der Waals surface area contributed by atoms with Crippen molar-refractivity contribution in [1.82, 2.24) is 4.68 Å². The van der Waals surface area contributed by atoms with Gasteiger partial charge in [-0.25, -0.2) is 4.68 Å². The zero-order valence-corrected chi connectivity index (χ0v) is 16.0. The second-order valence-corrected chi connectivity index (χ2v) is 7.35. The molecule has 1 heterocycles. The van der Waals surface area contributed by atoms with Crippen molar-refractivity contribution in [2.75, 3.05) is 0 Å². The number of hydrogen-bond acceptors (Lipinski definition) is 3. The SMILES string of the molecule is CC(C)N=c1scc(-c2ccc(Br)cc2)n1N=Cc1ccccc1. The van der Waals surface area contributed by atoms with E-state index in [1.165, 1.54) is 0 Å². The number of nitrogens with zero attached hydrogens (tertiary/aromatic N) is 3. The third kappa shape index (κ3) is 4.10. The Morgan fingerprint density at radius 1 is 1.04 bits per heavy atom. The zero-order chi connectivity index (χ0) is 16.9. The fourth-order valence-corrected chi connectivity index (χ4v) is 3.44. The van der Waals surface area contributed by atoms with Crippen LogP contribution in [-0.4, -0.2) is 16.9 Å². The van der Waals surface area contributed by atoms with Gasteiger partial charge in [-0.1, -0.05) is 58.4 Å². The molecule has 5 heteroatoms. The molecule has 0 spiro atoms. The first-order valence-electron chi connectivity index (χ1n) is 7.73. The van der Waals surface area contributed by atoms with Crippen LogP contribution in [0.15, 0.2) is 74.5 Å². The molecular formula is C19H18BrN3S. The van der Waals surface area contributed by atoms with Crippen molar-refractivity contribution in [2.45, 2.75) is 19.9 Å². The minimum atomic E-state index is 0.222. The van der Waals surface area contributed by atoms with Crippen LogP contribution in [0.25, 0.3) is 11.3 Å². The molecule has 0 bridgehead atoms. The molecule has 0 radical (unpaired) electrons. The molecule has 3 aromatic rings. The lowest BCUT2D eigenvalue weighted by molar-refractivity contribution is 0.754. The van der Waals surface area contributed by atoms with Crippen molar-refractivity contribution in [2.24, 2.45) is 10.1 Å². The second-order valence-electron chi connectivity index (χ2n) is 5.60. The first-order chi connectivity index (χ1) is 11.6. The van der Waals surface area contributed by atoms with Crippen LogP contribution in [0.4, 0.5) is 0 Å². The average Bonchev–Trinajstić information content (AvgIpc) is 2.96. The maximum absolute atomic E-state index is 4.69. The molecule has 0 aliphatic rings. The zero-order valence-electron chi connectivity index (χ0n) is 13.6. The van der Waals surface area contributed by atoms with E-state index in [9.17, 15) is 0 Å². The van der Waals surface area contributed by atoms with Gasteiger partial charge in [-0.15, -0.1) is 11.3 Å². The lowest BCUT2D eigenvalue weighted by atomic mass is 10.2. The highest BCUT2D eigenvalue weighted by atomic mass is 79.9. The molecular weight excluding hydrogens is 382 g/mol. The van der Waals surface area contributed by atoms with Crippen LogP contribution in [0, 0.1) is 0 Å². The molecule has 0 aliphatic heterocycles. The summed E-state index contributed by atoms with van der Waals surface area (Å²) in [6.45, 7) is 4.15. The molecule has 24 heavy (non-hydrogen) atoms. The summed E-state index contributed by atoms with van der Waals surface area (Å²) in [5, 5.41) is 6.79. The van der Waals surface area contributed by atoms with E-state index >= 15 is 0 Å². The van der Waals surface area contributed by atoms with Crippen molar-refractivity contribution < 1.29 is 0 Å². The van der Waals surface area contributed by atoms with Gasteiger partial charge in [0.15, 0.2) is 0 Å². The Bertz CT molecular complexity index is 890. The number of benzene rings is 2. The smallest absolute Gasteiger partial charge is 0.206 e. The number of hydrogen-bond donors (Lipinski definition) is 0. The molecule has 2 aromatic carbocycles. The second kappa shape index (κ2) is 7.73. The van der Waals surface area contributed by atoms with Crippen molar-refractivity contribution in [3.05, 3.63) is 74.8 Å². The normalized spacial score (nSPS) is 12.4. The fourth-order valence-electron chi connectivity index (χ4n) is 2.20. The van der Waals surface area contributed by atoms with Gasteiger partial charge in [0, 0.05) is 21.5 Å². The van der Waals surface area contributed by atoms with Crippen LogP contribution in [-0.2, 0) is 0 Å². The monoisotopic (exact) mass is 399 g/mol. The molecule has 0 unspecified atom stereocenters. The van der Waals surface area contributed by atoms with E-state index in [1.54, 1.807) is 11.3 Å². The van der Waals surface area contributed by atoms with Crippen molar-refractivity contribution >= 4 is 33.5 Å². The molecule has 0 atom stereocenters. The Balaban J connectivity index is 2.08. The number of rotatable bonds is 4. The topological polar surface area (TPSA) is 29.6 Å². The summed E-state index contributed by atoms with van der Waals surface area (Å²) in [6, 6.07) is 18.6. The maximum Gasteiger partial charge on any atom is 0.206 e. The highest BCUT2D eigenvalue weighted by Gasteiger charge is 2.07. The van der Waals surface area contributed by atoms with E-state index in [0.29, 0.717) is 0 Å².